The first-order valence-corrected chi connectivity index (χ1v) is 7.02. The monoisotopic (exact) mass is 281 g/mol. The molecule has 1 fully saturated rings. The number of nitrogens with two attached hydrogens (primary N) is 1. The Morgan fingerprint density at radius 2 is 1.78 bits per heavy atom. The molecule has 0 bridgehead atoms. The lowest BCUT2D eigenvalue weighted by Gasteiger charge is -2.40. The normalized spacial score (nSPS) is 40.5. The molecule has 7 heteroatoms. The second kappa shape index (κ2) is 7.04. The van der Waals surface area contributed by atoms with Gasteiger partial charge in [0.05, 0.1) is 6.61 Å². The number of hydrogen-bond acceptors (Lipinski definition) is 7. The van der Waals surface area contributed by atoms with Gasteiger partial charge in [-0.2, -0.15) is 0 Å². The van der Waals surface area contributed by atoms with Gasteiger partial charge in [-0.3, -0.25) is 0 Å². The average Bonchev–Trinajstić information content (AvgIpc) is 2.29. The van der Waals surface area contributed by atoms with Crippen molar-refractivity contribution < 1.29 is 25.2 Å². The lowest BCUT2D eigenvalue weighted by molar-refractivity contribution is -0.205. The van der Waals surface area contributed by atoms with Crippen molar-refractivity contribution in [3.8, 4) is 0 Å². The fourth-order valence-corrected chi connectivity index (χ4v) is 3.39. The van der Waals surface area contributed by atoms with Crippen LogP contribution in [-0.2, 0) is 4.74 Å². The van der Waals surface area contributed by atoms with E-state index in [1.807, 2.05) is 13.8 Å². The van der Waals surface area contributed by atoms with Crippen LogP contribution in [-0.4, -0.2) is 68.2 Å². The number of aliphatic hydroxyl groups excluding tert-OH is 4. The van der Waals surface area contributed by atoms with Crippen LogP contribution < -0.4 is 5.73 Å². The number of hydrogen-bond donors (Lipinski definition) is 5. The predicted octanol–water partition coefficient (Wildman–Crippen LogP) is -1.35. The molecule has 6 N–H and O–H groups in total. The van der Waals surface area contributed by atoms with E-state index in [1.54, 1.807) is 0 Å². The highest BCUT2D eigenvalue weighted by Gasteiger charge is 2.43. The summed E-state index contributed by atoms with van der Waals surface area (Å²) in [6, 6.07) is 0.0392. The zero-order chi connectivity index (χ0) is 13.9. The third-order valence-corrected chi connectivity index (χ3v) is 4.23. The minimum atomic E-state index is -1.31. The molecule has 0 aromatic carbocycles. The molecular formula is C11H23NO5S. The van der Waals surface area contributed by atoms with Gasteiger partial charge in [-0.15, -0.1) is 11.8 Å². The molecule has 1 aliphatic rings. The van der Waals surface area contributed by atoms with Gasteiger partial charge >= 0.3 is 0 Å². The summed E-state index contributed by atoms with van der Waals surface area (Å²) in [5.41, 5.74) is 5.02. The van der Waals surface area contributed by atoms with E-state index < -0.39 is 36.5 Å². The van der Waals surface area contributed by atoms with E-state index in [4.69, 9.17) is 15.6 Å². The lowest BCUT2D eigenvalue weighted by atomic mass is 10.0. The molecule has 0 amide bonds. The maximum atomic E-state index is 9.84. The first-order valence-electron chi connectivity index (χ1n) is 6.08. The van der Waals surface area contributed by atoms with E-state index in [2.05, 4.69) is 0 Å². The molecule has 1 saturated heterocycles. The van der Waals surface area contributed by atoms with Crippen molar-refractivity contribution >= 4 is 11.8 Å². The Morgan fingerprint density at radius 1 is 1.17 bits per heavy atom. The molecule has 108 valence electrons. The Kier molecular flexibility index (Phi) is 6.32. The van der Waals surface area contributed by atoms with Gasteiger partial charge in [0.15, 0.2) is 0 Å². The highest BCUT2D eigenvalue weighted by atomic mass is 32.2. The highest BCUT2D eigenvalue weighted by molar-refractivity contribution is 8.00. The maximum Gasteiger partial charge on any atom is 0.132 e. The van der Waals surface area contributed by atoms with Gasteiger partial charge < -0.3 is 30.9 Å². The fraction of sp³-hybridized carbons (Fsp3) is 1.00. The average molecular weight is 281 g/mol. The van der Waals surface area contributed by atoms with E-state index in [9.17, 15) is 15.3 Å². The maximum absolute atomic E-state index is 9.84. The van der Waals surface area contributed by atoms with E-state index in [-0.39, 0.29) is 11.3 Å². The Bertz CT molecular complexity index is 254. The van der Waals surface area contributed by atoms with Gasteiger partial charge in [0.1, 0.15) is 29.9 Å². The third-order valence-electron chi connectivity index (χ3n) is 2.92. The molecule has 1 rings (SSSR count). The standard InChI is InChI=1S/C11H23NO5S/c1-5(12)3-6(2)18-11-10(16)9(15)8(14)7(4-13)17-11/h5-11,13-16H,3-4,12H2,1-2H3/t5?,6?,7-,8+,9+,10-,11+/m1/s1. The van der Waals surface area contributed by atoms with E-state index in [0.717, 1.165) is 6.42 Å². The Hall–Kier alpha value is 0.110. The molecular weight excluding hydrogens is 258 g/mol. The van der Waals surface area contributed by atoms with Crippen LogP contribution in [0.4, 0.5) is 0 Å². The van der Waals surface area contributed by atoms with Gasteiger partial charge in [0.2, 0.25) is 0 Å². The second-order valence-corrected chi connectivity index (χ2v) is 6.40. The number of ether oxygens (including phenoxy) is 1. The summed E-state index contributed by atoms with van der Waals surface area (Å²) >= 11 is 1.35. The van der Waals surface area contributed by atoms with E-state index >= 15 is 0 Å². The summed E-state index contributed by atoms with van der Waals surface area (Å²) in [5.74, 6) is 0. The van der Waals surface area contributed by atoms with Crippen LogP contribution in [0.15, 0.2) is 0 Å². The Morgan fingerprint density at radius 3 is 2.28 bits per heavy atom. The minimum Gasteiger partial charge on any atom is -0.394 e. The van der Waals surface area contributed by atoms with Crippen molar-refractivity contribution in [2.75, 3.05) is 6.61 Å². The molecule has 18 heavy (non-hydrogen) atoms. The zero-order valence-electron chi connectivity index (χ0n) is 10.6. The van der Waals surface area contributed by atoms with Crippen molar-refractivity contribution in [1.82, 2.24) is 0 Å². The summed E-state index contributed by atoms with van der Waals surface area (Å²) in [6.07, 6.45) is -3.88. The van der Waals surface area contributed by atoms with Crippen LogP contribution in [0.25, 0.3) is 0 Å². The van der Waals surface area contributed by atoms with Crippen LogP contribution in [0.5, 0.6) is 0 Å². The number of thioether (sulfide) groups is 1. The summed E-state index contributed by atoms with van der Waals surface area (Å²) in [4.78, 5) is 0. The van der Waals surface area contributed by atoms with E-state index in [0.29, 0.717) is 0 Å². The smallest absolute Gasteiger partial charge is 0.132 e. The Balaban J connectivity index is 2.58. The van der Waals surface area contributed by atoms with Crippen LogP contribution in [0.1, 0.15) is 20.3 Å². The second-order valence-electron chi connectivity index (χ2n) is 4.86. The molecule has 0 aliphatic carbocycles. The lowest BCUT2D eigenvalue weighted by Crippen LogP contribution is -2.57. The van der Waals surface area contributed by atoms with Gasteiger partial charge in [0.25, 0.3) is 0 Å². The zero-order valence-corrected chi connectivity index (χ0v) is 11.5. The molecule has 0 radical (unpaired) electrons. The van der Waals surface area contributed by atoms with Crippen molar-refractivity contribution in [2.45, 2.75) is 61.4 Å². The van der Waals surface area contributed by atoms with Crippen molar-refractivity contribution in [3.63, 3.8) is 0 Å². The minimum absolute atomic E-state index is 0.0392. The van der Waals surface area contributed by atoms with Crippen LogP contribution in [0.3, 0.4) is 0 Å². The van der Waals surface area contributed by atoms with Gasteiger partial charge in [-0.05, 0) is 13.3 Å². The van der Waals surface area contributed by atoms with Crippen molar-refractivity contribution in [1.29, 1.82) is 0 Å². The SMILES string of the molecule is CC(N)CC(C)S[C@@H]1O[C@H](CO)[C@H](O)[C@H](O)[C@H]1O. The quantitative estimate of drug-likeness (QED) is 0.423. The molecule has 1 aliphatic heterocycles. The predicted molar refractivity (Wildman–Crippen MR) is 69.1 cm³/mol. The topological polar surface area (TPSA) is 116 Å². The highest BCUT2D eigenvalue weighted by Crippen LogP contribution is 2.32. The first-order chi connectivity index (χ1) is 8.36. The van der Waals surface area contributed by atoms with Crippen molar-refractivity contribution in [2.24, 2.45) is 5.73 Å². The first kappa shape index (κ1) is 16.2. The molecule has 0 aromatic rings. The summed E-state index contributed by atoms with van der Waals surface area (Å²) in [6.45, 7) is 3.45. The largest absolute Gasteiger partial charge is 0.394 e. The molecule has 2 unspecified atom stereocenters. The molecule has 1 heterocycles. The third kappa shape index (κ3) is 4.06. The molecule has 6 nitrogen and oxygen atoms in total. The molecule has 0 saturated carbocycles. The summed E-state index contributed by atoms with van der Waals surface area (Å²) < 4.78 is 5.39. The van der Waals surface area contributed by atoms with Crippen LogP contribution >= 0.6 is 11.8 Å². The molecule has 0 spiro atoms. The summed E-state index contributed by atoms with van der Waals surface area (Å²) in [7, 11) is 0. The van der Waals surface area contributed by atoms with Crippen LogP contribution in [0, 0.1) is 0 Å². The Labute approximate surface area is 111 Å². The molecule has 7 atom stereocenters. The number of rotatable bonds is 5. The van der Waals surface area contributed by atoms with E-state index in [1.165, 1.54) is 11.8 Å². The van der Waals surface area contributed by atoms with Gasteiger partial charge in [-0.25, -0.2) is 0 Å². The van der Waals surface area contributed by atoms with Crippen molar-refractivity contribution in [3.05, 3.63) is 0 Å². The van der Waals surface area contributed by atoms with Gasteiger partial charge in [-0.1, -0.05) is 6.92 Å². The molecule has 0 aromatic heterocycles. The summed E-state index contributed by atoms with van der Waals surface area (Å²) in [5, 5.41) is 38.3. The van der Waals surface area contributed by atoms with Crippen LogP contribution in [0.2, 0.25) is 0 Å². The van der Waals surface area contributed by atoms with Gasteiger partial charge in [0, 0.05) is 11.3 Å². The fourth-order valence-electron chi connectivity index (χ4n) is 1.99. The number of aliphatic hydroxyl groups is 4.